The molecule has 1 aliphatic carbocycles. The highest BCUT2D eigenvalue weighted by Gasteiger charge is 2.46. The standard InChI is InChI=1S/C9H10O6/c1-4(10)14-8-6(12)3-7(13)9(8)15-5(2)11/h8-9H,3H2,1-2H3/t8-,9-/m0/s1. The van der Waals surface area contributed by atoms with Gasteiger partial charge in [-0.2, -0.15) is 0 Å². The summed E-state index contributed by atoms with van der Waals surface area (Å²) in [5, 5.41) is 0. The number of hydrogen-bond donors (Lipinski definition) is 0. The molecule has 1 saturated carbocycles. The van der Waals surface area contributed by atoms with Crippen LogP contribution in [-0.2, 0) is 28.7 Å². The quantitative estimate of drug-likeness (QED) is 0.450. The minimum atomic E-state index is -1.28. The number of ether oxygens (including phenoxy) is 2. The van der Waals surface area contributed by atoms with E-state index in [2.05, 4.69) is 9.47 Å². The van der Waals surface area contributed by atoms with Crippen LogP contribution in [0, 0.1) is 0 Å². The molecule has 0 unspecified atom stereocenters. The minimum Gasteiger partial charge on any atom is -0.450 e. The lowest BCUT2D eigenvalue weighted by Gasteiger charge is -2.16. The molecule has 0 bridgehead atoms. The van der Waals surface area contributed by atoms with Gasteiger partial charge in [0.25, 0.3) is 0 Å². The number of hydrogen-bond acceptors (Lipinski definition) is 6. The summed E-state index contributed by atoms with van der Waals surface area (Å²) < 4.78 is 9.24. The van der Waals surface area contributed by atoms with Crippen molar-refractivity contribution in [1.29, 1.82) is 0 Å². The predicted molar refractivity (Wildman–Crippen MR) is 45.7 cm³/mol. The number of carbonyl (C=O) groups excluding carboxylic acids is 4. The van der Waals surface area contributed by atoms with Crippen molar-refractivity contribution < 1.29 is 28.7 Å². The second kappa shape index (κ2) is 4.20. The van der Waals surface area contributed by atoms with E-state index in [0.29, 0.717) is 0 Å². The molecule has 1 aliphatic rings. The number of esters is 2. The van der Waals surface area contributed by atoms with Crippen molar-refractivity contribution in [1.82, 2.24) is 0 Å². The fraction of sp³-hybridized carbons (Fsp3) is 0.556. The van der Waals surface area contributed by atoms with Crippen LogP contribution < -0.4 is 0 Å². The topological polar surface area (TPSA) is 86.7 Å². The van der Waals surface area contributed by atoms with E-state index in [1.807, 2.05) is 0 Å². The highest BCUT2D eigenvalue weighted by molar-refractivity contribution is 6.12. The maximum absolute atomic E-state index is 11.2. The van der Waals surface area contributed by atoms with E-state index in [-0.39, 0.29) is 6.42 Å². The third kappa shape index (κ3) is 2.61. The van der Waals surface area contributed by atoms with Gasteiger partial charge in [0.1, 0.15) is 0 Å². The molecular weight excluding hydrogens is 204 g/mol. The van der Waals surface area contributed by atoms with Crippen molar-refractivity contribution in [2.24, 2.45) is 0 Å². The fourth-order valence-corrected chi connectivity index (χ4v) is 1.32. The number of Topliss-reactive ketones (excluding diaryl/α,β-unsaturated/α-hetero) is 2. The molecular formula is C9H10O6. The molecule has 2 atom stereocenters. The molecule has 0 heterocycles. The third-order valence-electron chi connectivity index (χ3n) is 1.84. The molecule has 0 spiro atoms. The Labute approximate surface area is 85.5 Å². The maximum Gasteiger partial charge on any atom is 0.303 e. The van der Waals surface area contributed by atoms with Gasteiger partial charge in [-0.1, -0.05) is 0 Å². The zero-order chi connectivity index (χ0) is 11.6. The van der Waals surface area contributed by atoms with Gasteiger partial charge in [-0.05, 0) is 0 Å². The Morgan fingerprint density at radius 3 is 1.60 bits per heavy atom. The van der Waals surface area contributed by atoms with Gasteiger partial charge >= 0.3 is 11.9 Å². The Bertz CT molecular complexity index is 299. The van der Waals surface area contributed by atoms with Crippen LogP contribution in [0.5, 0.6) is 0 Å². The van der Waals surface area contributed by atoms with E-state index >= 15 is 0 Å². The van der Waals surface area contributed by atoms with Crippen molar-refractivity contribution in [3.8, 4) is 0 Å². The zero-order valence-electron chi connectivity index (χ0n) is 8.31. The number of rotatable bonds is 2. The van der Waals surface area contributed by atoms with Gasteiger partial charge in [0.05, 0.1) is 6.42 Å². The lowest BCUT2D eigenvalue weighted by Crippen LogP contribution is -2.36. The lowest BCUT2D eigenvalue weighted by atomic mass is 10.2. The smallest absolute Gasteiger partial charge is 0.303 e. The second-order valence-corrected chi connectivity index (χ2v) is 3.17. The van der Waals surface area contributed by atoms with E-state index in [1.165, 1.54) is 0 Å². The summed E-state index contributed by atoms with van der Waals surface area (Å²) in [7, 11) is 0. The van der Waals surface area contributed by atoms with Crippen molar-refractivity contribution in [2.45, 2.75) is 32.5 Å². The molecule has 0 radical (unpaired) electrons. The molecule has 0 aromatic carbocycles. The molecule has 0 aromatic rings. The Morgan fingerprint density at radius 2 is 1.33 bits per heavy atom. The molecule has 1 fully saturated rings. The summed E-state index contributed by atoms with van der Waals surface area (Å²) in [5.41, 5.74) is 0. The lowest BCUT2D eigenvalue weighted by molar-refractivity contribution is -0.167. The van der Waals surface area contributed by atoms with Crippen molar-refractivity contribution in [3.05, 3.63) is 0 Å². The van der Waals surface area contributed by atoms with E-state index in [9.17, 15) is 19.2 Å². The normalized spacial score (nSPS) is 25.2. The highest BCUT2D eigenvalue weighted by Crippen LogP contribution is 2.19. The van der Waals surface area contributed by atoms with Gasteiger partial charge in [-0.3, -0.25) is 19.2 Å². The van der Waals surface area contributed by atoms with Gasteiger partial charge in [0, 0.05) is 13.8 Å². The van der Waals surface area contributed by atoms with Crippen LogP contribution in [0.1, 0.15) is 20.3 Å². The zero-order valence-corrected chi connectivity index (χ0v) is 8.31. The van der Waals surface area contributed by atoms with Gasteiger partial charge in [-0.25, -0.2) is 0 Å². The van der Waals surface area contributed by atoms with Crippen molar-refractivity contribution in [2.75, 3.05) is 0 Å². The molecule has 0 saturated heterocycles. The Hall–Kier alpha value is -1.72. The number of ketones is 2. The molecule has 0 aromatic heterocycles. The molecule has 0 N–H and O–H groups in total. The Morgan fingerprint density at radius 1 is 1.00 bits per heavy atom. The Kier molecular flexibility index (Phi) is 3.18. The first kappa shape index (κ1) is 11.4. The summed E-state index contributed by atoms with van der Waals surface area (Å²) in [6.45, 7) is 2.22. The average molecular weight is 214 g/mol. The van der Waals surface area contributed by atoms with Gasteiger partial charge in [0.15, 0.2) is 11.6 Å². The van der Waals surface area contributed by atoms with Crippen LogP contribution in [0.3, 0.4) is 0 Å². The molecule has 1 rings (SSSR count). The number of carbonyl (C=O) groups is 4. The average Bonchev–Trinajstić information content (AvgIpc) is 2.30. The molecule has 6 heteroatoms. The highest BCUT2D eigenvalue weighted by atomic mass is 16.6. The monoisotopic (exact) mass is 214 g/mol. The first-order chi connectivity index (χ1) is 6.91. The van der Waals surface area contributed by atoms with Crippen molar-refractivity contribution >= 4 is 23.5 Å². The van der Waals surface area contributed by atoms with E-state index in [1.54, 1.807) is 0 Å². The van der Waals surface area contributed by atoms with Crippen LogP contribution in [0.15, 0.2) is 0 Å². The summed E-state index contributed by atoms with van der Waals surface area (Å²) in [6, 6.07) is 0. The maximum atomic E-state index is 11.2. The second-order valence-electron chi connectivity index (χ2n) is 3.17. The van der Waals surface area contributed by atoms with Crippen LogP contribution in [0.25, 0.3) is 0 Å². The third-order valence-corrected chi connectivity index (χ3v) is 1.84. The molecule has 15 heavy (non-hydrogen) atoms. The summed E-state index contributed by atoms with van der Waals surface area (Å²) >= 11 is 0. The largest absolute Gasteiger partial charge is 0.450 e. The summed E-state index contributed by atoms with van der Waals surface area (Å²) in [6.07, 6.45) is -2.92. The van der Waals surface area contributed by atoms with Crippen LogP contribution in [0.2, 0.25) is 0 Å². The van der Waals surface area contributed by atoms with E-state index < -0.39 is 35.7 Å². The van der Waals surface area contributed by atoms with E-state index in [4.69, 9.17) is 0 Å². The summed E-state index contributed by atoms with van der Waals surface area (Å²) in [5.74, 6) is -2.47. The van der Waals surface area contributed by atoms with Crippen LogP contribution in [0.4, 0.5) is 0 Å². The first-order valence-corrected chi connectivity index (χ1v) is 4.31. The Balaban J connectivity index is 2.79. The molecule has 0 aliphatic heterocycles. The minimum absolute atomic E-state index is 0.365. The molecule has 82 valence electrons. The van der Waals surface area contributed by atoms with Crippen LogP contribution in [-0.4, -0.2) is 35.7 Å². The fourth-order valence-electron chi connectivity index (χ4n) is 1.32. The SMILES string of the molecule is CC(=O)O[C@H]1C(=O)CC(=O)[C@@H]1OC(C)=O. The predicted octanol–water partition coefficient (Wildman–Crippen LogP) is -0.608. The van der Waals surface area contributed by atoms with Gasteiger partial charge in [-0.15, -0.1) is 0 Å². The summed E-state index contributed by atoms with van der Waals surface area (Å²) in [4.78, 5) is 43.8. The van der Waals surface area contributed by atoms with Gasteiger partial charge in [0.2, 0.25) is 12.2 Å². The molecule has 0 amide bonds. The van der Waals surface area contributed by atoms with Crippen molar-refractivity contribution in [3.63, 3.8) is 0 Å². The first-order valence-electron chi connectivity index (χ1n) is 4.31. The van der Waals surface area contributed by atoms with Crippen LogP contribution >= 0.6 is 0 Å². The molecule has 6 nitrogen and oxygen atoms in total. The van der Waals surface area contributed by atoms with E-state index in [0.717, 1.165) is 13.8 Å². The van der Waals surface area contributed by atoms with Gasteiger partial charge < -0.3 is 9.47 Å².